The van der Waals surface area contributed by atoms with Crippen molar-refractivity contribution in [2.45, 2.75) is 6.61 Å². The minimum atomic E-state index is -0.363. The molecule has 38 heavy (non-hydrogen) atoms. The number of hydrogen-bond acceptors (Lipinski definition) is 6. The second-order valence-corrected chi connectivity index (χ2v) is 8.31. The Morgan fingerprint density at radius 3 is 2.26 bits per heavy atom. The Hall–Kier alpha value is -4.98. The van der Waals surface area contributed by atoms with E-state index in [1.54, 1.807) is 48.5 Å². The Labute approximate surface area is 218 Å². The van der Waals surface area contributed by atoms with Crippen LogP contribution in [-0.4, -0.2) is 30.1 Å². The summed E-state index contributed by atoms with van der Waals surface area (Å²) in [7, 11) is 2.99. The summed E-state index contributed by atoms with van der Waals surface area (Å²) in [6.45, 7) is -0.00851. The first-order valence-electron chi connectivity index (χ1n) is 11.8. The normalized spacial score (nSPS) is 11.1. The molecule has 0 N–H and O–H groups in total. The van der Waals surface area contributed by atoms with Crippen LogP contribution in [0.25, 0.3) is 22.3 Å². The molecular formula is C30H24FN3O4. The van der Waals surface area contributed by atoms with Crippen molar-refractivity contribution in [3.05, 3.63) is 118 Å². The highest BCUT2D eigenvalue weighted by Crippen LogP contribution is 2.39. The van der Waals surface area contributed by atoms with Gasteiger partial charge in [-0.3, -0.25) is 4.79 Å². The van der Waals surface area contributed by atoms with E-state index in [2.05, 4.69) is 5.10 Å². The van der Waals surface area contributed by atoms with Crippen molar-refractivity contribution < 1.29 is 18.6 Å². The van der Waals surface area contributed by atoms with E-state index in [1.807, 2.05) is 36.4 Å². The maximum atomic E-state index is 14.1. The highest BCUT2D eigenvalue weighted by Gasteiger charge is 2.16. The third-order valence-corrected chi connectivity index (χ3v) is 5.92. The molecule has 0 aliphatic heterocycles. The highest BCUT2D eigenvalue weighted by molar-refractivity contribution is 5.83. The van der Waals surface area contributed by atoms with E-state index in [9.17, 15) is 9.18 Å². The minimum Gasteiger partial charge on any atom is -0.493 e. The number of ether oxygens (including phenoxy) is 3. The average molecular weight is 510 g/mol. The number of benzene rings is 4. The summed E-state index contributed by atoms with van der Waals surface area (Å²) >= 11 is 0. The predicted molar refractivity (Wildman–Crippen MR) is 145 cm³/mol. The van der Waals surface area contributed by atoms with Crippen molar-refractivity contribution in [3.63, 3.8) is 0 Å². The van der Waals surface area contributed by atoms with Crippen LogP contribution in [0.5, 0.6) is 17.2 Å². The second-order valence-electron chi connectivity index (χ2n) is 8.31. The van der Waals surface area contributed by atoms with Gasteiger partial charge in [0, 0.05) is 16.7 Å². The molecule has 0 atom stereocenters. The van der Waals surface area contributed by atoms with E-state index in [0.29, 0.717) is 45.1 Å². The Kier molecular flexibility index (Phi) is 7.13. The van der Waals surface area contributed by atoms with Crippen molar-refractivity contribution in [3.8, 4) is 28.6 Å². The zero-order valence-corrected chi connectivity index (χ0v) is 20.8. The van der Waals surface area contributed by atoms with Crippen LogP contribution in [0, 0.1) is 5.82 Å². The molecule has 0 bridgehead atoms. The van der Waals surface area contributed by atoms with Gasteiger partial charge in [-0.2, -0.15) is 9.78 Å². The number of fused-ring (bicyclic) bond motifs is 1. The summed E-state index contributed by atoms with van der Waals surface area (Å²) in [5.74, 6) is 1.11. The third kappa shape index (κ3) is 4.97. The summed E-state index contributed by atoms with van der Waals surface area (Å²) in [4.78, 5) is 18.1. The largest absolute Gasteiger partial charge is 0.493 e. The second kappa shape index (κ2) is 11.0. The van der Waals surface area contributed by atoms with E-state index in [1.165, 1.54) is 31.2 Å². The smallest absolute Gasteiger partial charge is 0.282 e. The lowest BCUT2D eigenvalue weighted by atomic mass is 10.2. The Morgan fingerprint density at radius 1 is 0.895 bits per heavy atom. The third-order valence-electron chi connectivity index (χ3n) is 5.92. The quantitative estimate of drug-likeness (QED) is 0.252. The first-order valence-corrected chi connectivity index (χ1v) is 11.8. The molecular weight excluding hydrogens is 485 g/mol. The molecule has 0 saturated heterocycles. The zero-order valence-electron chi connectivity index (χ0n) is 20.8. The van der Waals surface area contributed by atoms with E-state index in [0.717, 1.165) is 5.56 Å². The summed E-state index contributed by atoms with van der Waals surface area (Å²) < 4.78 is 32.3. The molecule has 5 aromatic rings. The lowest BCUT2D eigenvalue weighted by Crippen LogP contribution is -2.20. The molecule has 0 amide bonds. The summed E-state index contributed by atoms with van der Waals surface area (Å²) in [6.07, 6.45) is 1.52. The number of halogens is 1. The van der Waals surface area contributed by atoms with Crippen molar-refractivity contribution in [2.75, 3.05) is 14.2 Å². The van der Waals surface area contributed by atoms with Gasteiger partial charge in [0.25, 0.3) is 5.56 Å². The number of para-hydroxylation sites is 1. The van der Waals surface area contributed by atoms with E-state index in [4.69, 9.17) is 19.2 Å². The monoisotopic (exact) mass is 509 g/mol. The van der Waals surface area contributed by atoms with Gasteiger partial charge < -0.3 is 14.2 Å². The SMILES string of the molecule is COc1cc(C=Nn2c(-c3ccccc3)nc3ccccc3c2=O)cc(OC)c1OCc1ccccc1F. The molecule has 1 heterocycles. The van der Waals surface area contributed by atoms with Crippen LogP contribution in [-0.2, 0) is 6.61 Å². The zero-order chi connectivity index (χ0) is 26.5. The maximum absolute atomic E-state index is 14.1. The van der Waals surface area contributed by atoms with Crippen LogP contribution < -0.4 is 19.8 Å². The topological polar surface area (TPSA) is 74.9 Å². The van der Waals surface area contributed by atoms with Crippen LogP contribution in [0.1, 0.15) is 11.1 Å². The van der Waals surface area contributed by atoms with Gasteiger partial charge in [0.15, 0.2) is 17.3 Å². The summed E-state index contributed by atoms with van der Waals surface area (Å²) in [5.41, 5.74) is 2.03. The fourth-order valence-electron chi connectivity index (χ4n) is 4.01. The van der Waals surface area contributed by atoms with Crippen molar-refractivity contribution in [1.29, 1.82) is 0 Å². The summed E-state index contributed by atoms with van der Waals surface area (Å²) in [6, 6.07) is 26.3. The van der Waals surface area contributed by atoms with Gasteiger partial charge in [-0.25, -0.2) is 9.37 Å². The van der Waals surface area contributed by atoms with Crippen LogP contribution >= 0.6 is 0 Å². The molecule has 190 valence electrons. The number of hydrogen-bond donors (Lipinski definition) is 0. The van der Waals surface area contributed by atoms with Gasteiger partial charge in [-0.15, -0.1) is 0 Å². The van der Waals surface area contributed by atoms with Gasteiger partial charge in [0.2, 0.25) is 5.75 Å². The summed E-state index contributed by atoms with van der Waals surface area (Å²) in [5, 5.41) is 4.96. The first kappa shape index (κ1) is 24.7. The van der Waals surface area contributed by atoms with Gasteiger partial charge in [0.05, 0.1) is 31.3 Å². The van der Waals surface area contributed by atoms with Gasteiger partial charge in [-0.1, -0.05) is 60.7 Å². The molecule has 0 fully saturated rings. The molecule has 0 unspecified atom stereocenters. The van der Waals surface area contributed by atoms with E-state index >= 15 is 0 Å². The molecule has 0 spiro atoms. The van der Waals surface area contributed by atoms with Crippen LogP contribution in [0.3, 0.4) is 0 Å². The van der Waals surface area contributed by atoms with Crippen LogP contribution in [0.4, 0.5) is 4.39 Å². The number of rotatable bonds is 8. The molecule has 0 saturated carbocycles. The number of aromatic nitrogens is 2. The standard InChI is InChI=1S/C30H24FN3O4/c1-36-26-16-20(17-27(37-2)28(26)38-19-22-12-6-8-14-24(22)31)18-32-34-29(21-10-4-3-5-11-21)33-25-15-9-7-13-23(25)30(34)35/h3-18H,19H2,1-2H3. The fourth-order valence-corrected chi connectivity index (χ4v) is 4.01. The predicted octanol–water partition coefficient (Wildman–Crippen LogP) is 5.68. The Morgan fingerprint density at radius 2 is 1.55 bits per heavy atom. The van der Waals surface area contributed by atoms with Crippen LogP contribution in [0.2, 0.25) is 0 Å². The number of methoxy groups -OCH3 is 2. The molecule has 5 rings (SSSR count). The first-order chi connectivity index (χ1) is 18.6. The lowest BCUT2D eigenvalue weighted by molar-refractivity contribution is 0.262. The van der Waals surface area contributed by atoms with Crippen molar-refractivity contribution >= 4 is 17.1 Å². The van der Waals surface area contributed by atoms with Crippen LogP contribution in [0.15, 0.2) is 101 Å². The van der Waals surface area contributed by atoms with E-state index < -0.39 is 0 Å². The Balaban J connectivity index is 1.55. The molecule has 0 radical (unpaired) electrons. The van der Waals surface area contributed by atoms with E-state index in [-0.39, 0.29) is 18.0 Å². The minimum absolute atomic E-state index is 0.00851. The lowest BCUT2D eigenvalue weighted by Gasteiger charge is -2.15. The van der Waals surface area contributed by atoms with Crippen molar-refractivity contribution in [2.24, 2.45) is 5.10 Å². The fraction of sp³-hybridized carbons (Fsp3) is 0.100. The molecule has 0 aliphatic carbocycles. The molecule has 7 nitrogen and oxygen atoms in total. The maximum Gasteiger partial charge on any atom is 0.282 e. The van der Waals surface area contributed by atoms with Crippen molar-refractivity contribution in [1.82, 2.24) is 9.66 Å². The highest BCUT2D eigenvalue weighted by atomic mass is 19.1. The van der Waals surface area contributed by atoms with Gasteiger partial charge >= 0.3 is 0 Å². The molecule has 8 heteroatoms. The van der Waals surface area contributed by atoms with Gasteiger partial charge in [-0.05, 0) is 30.3 Å². The number of nitrogens with zero attached hydrogens (tertiary/aromatic N) is 3. The molecule has 4 aromatic carbocycles. The van der Waals surface area contributed by atoms with Gasteiger partial charge in [0.1, 0.15) is 12.4 Å². The molecule has 1 aromatic heterocycles. The Bertz CT molecular complexity index is 1660. The molecule has 0 aliphatic rings. The average Bonchev–Trinajstić information content (AvgIpc) is 2.96.